The van der Waals surface area contributed by atoms with E-state index >= 15 is 4.39 Å². The lowest BCUT2D eigenvalue weighted by Crippen LogP contribution is -2.44. The number of rotatable bonds is 28. The number of aryl methyl sites for hydroxylation is 3. The van der Waals surface area contributed by atoms with Gasteiger partial charge in [-0.15, -0.1) is 0 Å². The molecule has 0 aliphatic heterocycles. The lowest BCUT2D eigenvalue weighted by molar-refractivity contribution is -0.159. The number of hydrogen-bond donors (Lipinski definition) is 1. The third-order valence-corrected chi connectivity index (χ3v) is 13.0. The van der Waals surface area contributed by atoms with Gasteiger partial charge in [0.2, 0.25) is 0 Å². The number of ether oxygens (including phenoxy) is 5. The molecule has 2 N–H and O–H groups in total. The van der Waals surface area contributed by atoms with Crippen LogP contribution in [-0.4, -0.2) is 63.5 Å². The summed E-state index contributed by atoms with van der Waals surface area (Å²) in [5, 5.41) is 0. The van der Waals surface area contributed by atoms with Crippen LogP contribution in [0.1, 0.15) is 141 Å². The van der Waals surface area contributed by atoms with Gasteiger partial charge in [0.25, 0.3) is 0 Å². The normalized spacial score (nSPS) is 14.8. The van der Waals surface area contributed by atoms with Crippen LogP contribution in [0.15, 0.2) is 85.0 Å². The van der Waals surface area contributed by atoms with E-state index in [1.165, 1.54) is 59.3 Å². The summed E-state index contributed by atoms with van der Waals surface area (Å²) in [6, 6.07) is 15.9. The zero-order valence-corrected chi connectivity index (χ0v) is 42.5. The van der Waals surface area contributed by atoms with E-state index in [1.54, 1.807) is 19.9 Å². The third kappa shape index (κ3) is 16.8. The van der Waals surface area contributed by atoms with E-state index in [9.17, 15) is 19.2 Å². The Bertz CT molecular complexity index is 2200. The standard InChI is InChI=1S/C58H78FNO9/c1-11-13-14-17-42-20-22-44(23-21-42)45-24-26-49(52(59)33-45)51-32-46(19-16-29-65-54(61)38(3)4)50(31-43(51)12-2)47-25-27-53(48(30-47)18-15-28-60)66-34-58(35-67-55(62)39(5)6,36-68-56(63)40(7)8)37-69-57(64)41(9)10/h24-27,30-33,38,42,44H,5,7,9,11-23,28-29,34-37,60H2,1-4,6,8,10H3. The van der Waals surface area contributed by atoms with E-state index < -0.39 is 23.3 Å². The van der Waals surface area contributed by atoms with Gasteiger partial charge in [-0.05, 0) is 154 Å². The first-order chi connectivity index (χ1) is 32.9. The van der Waals surface area contributed by atoms with Gasteiger partial charge in [-0.25, -0.2) is 18.8 Å². The van der Waals surface area contributed by atoms with Crippen molar-refractivity contribution in [2.24, 2.45) is 23.0 Å². The average molecular weight is 952 g/mol. The van der Waals surface area contributed by atoms with Gasteiger partial charge in [0.05, 0.1) is 12.5 Å². The summed E-state index contributed by atoms with van der Waals surface area (Å²) in [5.41, 5.74) is 12.3. The molecule has 69 heavy (non-hydrogen) atoms. The number of esters is 4. The molecule has 1 saturated carbocycles. The summed E-state index contributed by atoms with van der Waals surface area (Å²) in [4.78, 5) is 50.5. The Kier molecular flexibility index (Phi) is 22.4. The summed E-state index contributed by atoms with van der Waals surface area (Å²) >= 11 is 0. The molecule has 0 unspecified atom stereocenters. The van der Waals surface area contributed by atoms with Gasteiger partial charge >= 0.3 is 23.9 Å². The van der Waals surface area contributed by atoms with E-state index in [4.69, 9.17) is 29.4 Å². The van der Waals surface area contributed by atoms with Crippen LogP contribution < -0.4 is 10.5 Å². The highest BCUT2D eigenvalue weighted by molar-refractivity contribution is 5.88. The molecule has 0 radical (unpaired) electrons. The zero-order valence-electron chi connectivity index (χ0n) is 42.5. The quantitative estimate of drug-likeness (QED) is 0.0324. The molecule has 1 aliphatic rings. The number of unbranched alkanes of at least 4 members (excludes halogenated alkanes) is 2. The molecule has 0 atom stereocenters. The van der Waals surface area contributed by atoms with Crippen LogP contribution in [0.2, 0.25) is 0 Å². The molecule has 0 heterocycles. The average Bonchev–Trinajstić information content (AvgIpc) is 3.33. The molecular formula is C58H78FNO9. The Hall–Kier alpha value is -5.55. The van der Waals surface area contributed by atoms with Crippen LogP contribution in [-0.2, 0) is 57.4 Å². The molecule has 376 valence electrons. The monoisotopic (exact) mass is 952 g/mol. The van der Waals surface area contributed by atoms with E-state index in [0.29, 0.717) is 55.9 Å². The van der Waals surface area contributed by atoms with E-state index in [2.05, 4.69) is 57.8 Å². The van der Waals surface area contributed by atoms with Gasteiger partial charge in [-0.3, -0.25) is 4.79 Å². The largest absolute Gasteiger partial charge is 0.492 e. The van der Waals surface area contributed by atoms with Crippen LogP contribution in [0.4, 0.5) is 4.39 Å². The summed E-state index contributed by atoms with van der Waals surface area (Å²) in [5.74, 6) is -1.13. The third-order valence-electron chi connectivity index (χ3n) is 13.0. The first-order valence-electron chi connectivity index (χ1n) is 25.0. The maximum atomic E-state index is 16.5. The van der Waals surface area contributed by atoms with Gasteiger partial charge < -0.3 is 29.4 Å². The van der Waals surface area contributed by atoms with Crippen LogP contribution in [0.5, 0.6) is 5.75 Å². The van der Waals surface area contributed by atoms with Gasteiger partial charge in [-0.1, -0.05) is 103 Å². The summed E-state index contributed by atoms with van der Waals surface area (Å²) in [6.07, 6.45) is 12.6. The van der Waals surface area contributed by atoms with Crippen molar-refractivity contribution in [3.8, 4) is 28.0 Å². The predicted octanol–water partition coefficient (Wildman–Crippen LogP) is 12.3. The Balaban J connectivity index is 1.75. The number of halogens is 1. The fraction of sp³-hybridized carbons (Fsp3) is 0.517. The fourth-order valence-corrected chi connectivity index (χ4v) is 8.66. The molecule has 0 spiro atoms. The predicted molar refractivity (Wildman–Crippen MR) is 272 cm³/mol. The minimum Gasteiger partial charge on any atom is -0.492 e. The summed E-state index contributed by atoms with van der Waals surface area (Å²) in [7, 11) is 0. The fourth-order valence-electron chi connectivity index (χ4n) is 8.66. The van der Waals surface area contributed by atoms with Crippen molar-refractivity contribution in [2.45, 2.75) is 138 Å². The lowest BCUT2D eigenvalue weighted by atomic mass is 9.76. The molecule has 3 aromatic rings. The first-order valence-corrected chi connectivity index (χ1v) is 25.0. The molecule has 0 bridgehead atoms. The Morgan fingerprint density at radius 1 is 0.681 bits per heavy atom. The Morgan fingerprint density at radius 2 is 1.28 bits per heavy atom. The number of nitrogens with two attached hydrogens (primary N) is 1. The van der Waals surface area contributed by atoms with E-state index in [0.717, 1.165) is 57.7 Å². The van der Waals surface area contributed by atoms with Crippen molar-refractivity contribution in [3.05, 3.63) is 113 Å². The Morgan fingerprint density at radius 3 is 1.81 bits per heavy atom. The van der Waals surface area contributed by atoms with Crippen molar-refractivity contribution in [1.29, 1.82) is 0 Å². The molecule has 1 fully saturated rings. The molecule has 4 rings (SSSR count). The zero-order chi connectivity index (χ0) is 50.7. The van der Waals surface area contributed by atoms with Gasteiger partial charge in [0, 0.05) is 22.3 Å². The molecule has 0 aromatic heterocycles. The molecular weight excluding hydrogens is 874 g/mol. The summed E-state index contributed by atoms with van der Waals surface area (Å²) < 4.78 is 45.4. The molecule has 0 amide bonds. The number of carbonyl (C=O) groups excluding carboxylic acids is 4. The van der Waals surface area contributed by atoms with Crippen LogP contribution in [0.3, 0.4) is 0 Å². The molecule has 1 aliphatic carbocycles. The van der Waals surface area contributed by atoms with Crippen LogP contribution in [0.25, 0.3) is 22.3 Å². The maximum Gasteiger partial charge on any atom is 0.333 e. The molecule has 10 nitrogen and oxygen atoms in total. The minimum absolute atomic E-state index is 0.154. The molecule has 0 saturated heterocycles. The first kappa shape index (κ1) is 56.0. The lowest BCUT2D eigenvalue weighted by Gasteiger charge is -2.32. The van der Waals surface area contributed by atoms with Gasteiger partial charge in [0.1, 0.15) is 43.4 Å². The van der Waals surface area contributed by atoms with E-state index in [-0.39, 0.29) is 67.5 Å². The highest BCUT2D eigenvalue weighted by atomic mass is 19.1. The number of hydrogen-bond acceptors (Lipinski definition) is 10. The second-order valence-corrected chi connectivity index (χ2v) is 19.5. The van der Waals surface area contributed by atoms with Crippen molar-refractivity contribution in [3.63, 3.8) is 0 Å². The van der Waals surface area contributed by atoms with Crippen LogP contribution >= 0.6 is 0 Å². The van der Waals surface area contributed by atoms with Crippen molar-refractivity contribution >= 4 is 23.9 Å². The van der Waals surface area contributed by atoms with Crippen molar-refractivity contribution < 1.29 is 47.3 Å². The second kappa shape index (κ2) is 27.6. The SMILES string of the molecule is C=C(C)C(=O)OCC(COC(=O)C(=C)C)(COC(=O)C(=C)C)COc1ccc(-c2cc(CC)c(-c3ccc(C4CCC(CCCCC)CC4)cc3F)cc2CCCOC(=O)C(C)C)cc1CCCN. The highest BCUT2D eigenvalue weighted by Crippen LogP contribution is 2.41. The molecule has 3 aromatic carbocycles. The van der Waals surface area contributed by atoms with Crippen molar-refractivity contribution in [2.75, 3.05) is 39.6 Å². The maximum absolute atomic E-state index is 16.5. The number of carbonyl (C=O) groups is 4. The van der Waals surface area contributed by atoms with Gasteiger partial charge in [-0.2, -0.15) is 0 Å². The van der Waals surface area contributed by atoms with Crippen molar-refractivity contribution in [1.82, 2.24) is 0 Å². The van der Waals surface area contributed by atoms with E-state index in [1.807, 2.05) is 18.2 Å². The highest BCUT2D eigenvalue weighted by Gasteiger charge is 2.38. The summed E-state index contributed by atoms with van der Waals surface area (Å²) in [6.45, 7) is 22.9. The van der Waals surface area contributed by atoms with Crippen LogP contribution in [0, 0.1) is 23.1 Å². The van der Waals surface area contributed by atoms with Gasteiger partial charge in [0.15, 0.2) is 0 Å². The second-order valence-electron chi connectivity index (χ2n) is 19.5. The minimum atomic E-state index is -1.36. The molecule has 11 heteroatoms. The smallest absolute Gasteiger partial charge is 0.333 e. The number of benzene rings is 3. The topological polar surface area (TPSA) is 140 Å². The Labute approximate surface area is 411 Å².